The maximum Gasteiger partial charge on any atom is 0.248 e. The van der Waals surface area contributed by atoms with Gasteiger partial charge in [0.1, 0.15) is 5.82 Å². The lowest BCUT2D eigenvalue weighted by molar-refractivity contribution is 0.0999. The Hall–Kier alpha value is -2.42. The Balaban J connectivity index is 2.04. The number of nitrogens with two attached hydrogens (primary N) is 1. The Morgan fingerprint density at radius 2 is 1.96 bits per heavy atom. The Morgan fingerprint density at radius 1 is 1.17 bits per heavy atom. The minimum absolute atomic E-state index is 0.153. The number of rotatable bonds is 2. The number of carbonyl (C=O) groups is 1. The third-order valence-corrected chi connectivity index (χ3v) is 5.11. The number of hydrogen-bond acceptors (Lipinski definition) is 1. The molecule has 0 heterocycles. The molecule has 1 amide bonds. The van der Waals surface area contributed by atoms with Gasteiger partial charge in [0, 0.05) is 5.56 Å². The van der Waals surface area contributed by atoms with E-state index in [4.69, 9.17) is 5.73 Å². The van der Waals surface area contributed by atoms with Crippen LogP contribution in [0.2, 0.25) is 0 Å². The summed E-state index contributed by atoms with van der Waals surface area (Å²) in [6, 6.07) is 5.31. The highest BCUT2D eigenvalue weighted by Gasteiger charge is 2.27. The highest BCUT2D eigenvalue weighted by atomic mass is 19.1. The SMILES string of the molecule is CC1=Cc2c(-c3c(C)c(C(N)=O)cc4c3CC4)ccc(F)c2C1. The summed E-state index contributed by atoms with van der Waals surface area (Å²) in [6.07, 6.45) is 4.70. The number of carbonyl (C=O) groups excluding carboxylic acids is 1. The fraction of sp³-hybridized carbons (Fsp3) is 0.250. The lowest BCUT2D eigenvalue weighted by Crippen LogP contribution is -2.19. The van der Waals surface area contributed by atoms with E-state index in [0.29, 0.717) is 12.0 Å². The van der Waals surface area contributed by atoms with Gasteiger partial charge in [-0.3, -0.25) is 4.79 Å². The van der Waals surface area contributed by atoms with Gasteiger partial charge in [-0.1, -0.05) is 17.7 Å². The van der Waals surface area contributed by atoms with Gasteiger partial charge in [0.2, 0.25) is 5.91 Å². The normalized spacial score (nSPS) is 14.8. The van der Waals surface area contributed by atoms with Crippen molar-refractivity contribution in [2.45, 2.75) is 33.1 Å². The molecule has 116 valence electrons. The molecule has 4 rings (SSSR count). The third kappa shape index (κ3) is 1.96. The number of amides is 1. The molecule has 0 bridgehead atoms. The predicted octanol–water partition coefficient (Wildman–Crippen LogP) is 3.96. The number of benzene rings is 2. The summed E-state index contributed by atoms with van der Waals surface area (Å²) in [6.45, 7) is 3.96. The molecule has 0 saturated heterocycles. The molecule has 0 aliphatic heterocycles. The average molecular weight is 307 g/mol. The Morgan fingerprint density at radius 3 is 2.61 bits per heavy atom. The molecule has 0 aromatic heterocycles. The summed E-state index contributed by atoms with van der Waals surface area (Å²) in [5.41, 5.74) is 14.5. The number of allylic oxidation sites excluding steroid dienone is 1. The topological polar surface area (TPSA) is 43.1 Å². The summed E-state index contributed by atoms with van der Waals surface area (Å²) in [5.74, 6) is -0.552. The van der Waals surface area contributed by atoms with Gasteiger partial charge in [-0.25, -0.2) is 4.39 Å². The minimum Gasteiger partial charge on any atom is -0.366 e. The van der Waals surface area contributed by atoms with Crippen molar-refractivity contribution in [1.29, 1.82) is 0 Å². The van der Waals surface area contributed by atoms with Crippen LogP contribution in [0.25, 0.3) is 17.2 Å². The first-order valence-corrected chi connectivity index (χ1v) is 7.91. The van der Waals surface area contributed by atoms with Crippen LogP contribution < -0.4 is 5.73 Å². The maximum absolute atomic E-state index is 14.2. The summed E-state index contributed by atoms with van der Waals surface area (Å²) >= 11 is 0. The number of halogens is 1. The number of primary amides is 1. The molecule has 2 aliphatic carbocycles. The van der Waals surface area contributed by atoms with Crippen LogP contribution in [-0.4, -0.2) is 5.91 Å². The molecule has 23 heavy (non-hydrogen) atoms. The van der Waals surface area contributed by atoms with Gasteiger partial charge in [0.25, 0.3) is 0 Å². The van der Waals surface area contributed by atoms with E-state index in [1.807, 2.05) is 26.0 Å². The van der Waals surface area contributed by atoms with E-state index < -0.39 is 5.91 Å². The standard InChI is InChI=1S/C20H18FNO/c1-10-7-16-14(5-6-18(21)17(16)8-10)19-11(2)15(20(22)23)9-12-3-4-13(12)19/h5-7,9H,3-4,8H2,1-2H3,(H2,22,23). The molecule has 0 atom stereocenters. The van der Waals surface area contributed by atoms with Crippen molar-refractivity contribution in [3.63, 3.8) is 0 Å². The zero-order valence-electron chi connectivity index (χ0n) is 13.3. The van der Waals surface area contributed by atoms with Crippen LogP contribution in [0.5, 0.6) is 0 Å². The molecule has 2 aromatic carbocycles. The Bertz CT molecular complexity index is 909. The predicted molar refractivity (Wildman–Crippen MR) is 89.9 cm³/mol. The Kier molecular flexibility index (Phi) is 2.95. The average Bonchev–Trinajstić information content (AvgIpc) is 2.85. The van der Waals surface area contributed by atoms with E-state index in [9.17, 15) is 9.18 Å². The molecule has 2 N–H and O–H groups in total. The van der Waals surface area contributed by atoms with E-state index in [-0.39, 0.29) is 5.82 Å². The first-order chi connectivity index (χ1) is 11.0. The van der Waals surface area contributed by atoms with Crippen LogP contribution in [0.4, 0.5) is 4.39 Å². The van der Waals surface area contributed by atoms with Gasteiger partial charge in [0.15, 0.2) is 0 Å². The van der Waals surface area contributed by atoms with Crippen molar-refractivity contribution in [3.05, 3.63) is 63.0 Å². The maximum atomic E-state index is 14.2. The summed E-state index contributed by atoms with van der Waals surface area (Å²) in [5, 5.41) is 0. The summed E-state index contributed by atoms with van der Waals surface area (Å²) in [4.78, 5) is 11.8. The molecule has 0 radical (unpaired) electrons. The van der Waals surface area contributed by atoms with E-state index in [1.54, 1.807) is 6.07 Å². The molecule has 0 fully saturated rings. The smallest absolute Gasteiger partial charge is 0.248 e. The van der Waals surface area contributed by atoms with Crippen LogP contribution in [0.15, 0.2) is 23.8 Å². The van der Waals surface area contributed by atoms with Gasteiger partial charge in [-0.05, 0) is 84.2 Å². The lowest BCUT2D eigenvalue weighted by atomic mass is 9.77. The van der Waals surface area contributed by atoms with Gasteiger partial charge in [-0.2, -0.15) is 0 Å². The van der Waals surface area contributed by atoms with Crippen molar-refractivity contribution in [1.82, 2.24) is 0 Å². The van der Waals surface area contributed by atoms with Gasteiger partial charge in [0.05, 0.1) is 0 Å². The molecule has 2 aliphatic rings. The summed E-state index contributed by atoms with van der Waals surface area (Å²) < 4.78 is 14.2. The zero-order valence-corrected chi connectivity index (χ0v) is 13.3. The molecule has 0 unspecified atom stereocenters. The van der Waals surface area contributed by atoms with Crippen LogP contribution in [0, 0.1) is 12.7 Å². The first kappa shape index (κ1) is 14.2. The summed E-state index contributed by atoms with van der Waals surface area (Å²) in [7, 11) is 0. The van der Waals surface area contributed by atoms with E-state index in [2.05, 4.69) is 6.08 Å². The molecule has 0 spiro atoms. The van der Waals surface area contributed by atoms with Crippen LogP contribution in [0.3, 0.4) is 0 Å². The van der Waals surface area contributed by atoms with Gasteiger partial charge in [-0.15, -0.1) is 0 Å². The first-order valence-electron chi connectivity index (χ1n) is 7.91. The fourth-order valence-corrected chi connectivity index (χ4v) is 3.88. The van der Waals surface area contributed by atoms with E-state index in [0.717, 1.165) is 46.2 Å². The van der Waals surface area contributed by atoms with Crippen molar-refractivity contribution in [3.8, 4) is 11.1 Å². The minimum atomic E-state index is -0.399. The van der Waals surface area contributed by atoms with Crippen molar-refractivity contribution in [2.24, 2.45) is 5.73 Å². The molecular formula is C20H18FNO. The molecule has 3 heteroatoms. The molecular weight excluding hydrogens is 289 g/mol. The number of aryl methyl sites for hydroxylation is 1. The van der Waals surface area contributed by atoms with E-state index >= 15 is 0 Å². The van der Waals surface area contributed by atoms with Crippen LogP contribution >= 0.6 is 0 Å². The Labute approximate surface area is 134 Å². The second-order valence-corrected chi connectivity index (χ2v) is 6.58. The second-order valence-electron chi connectivity index (χ2n) is 6.58. The largest absolute Gasteiger partial charge is 0.366 e. The van der Waals surface area contributed by atoms with Crippen LogP contribution in [-0.2, 0) is 19.3 Å². The lowest BCUT2D eigenvalue weighted by Gasteiger charge is -2.27. The second kappa shape index (κ2) is 4.79. The quantitative estimate of drug-likeness (QED) is 0.896. The zero-order chi connectivity index (χ0) is 16.3. The molecule has 0 saturated carbocycles. The fourth-order valence-electron chi connectivity index (χ4n) is 3.88. The van der Waals surface area contributed by atoms with Crippen molar-refractivity contribution in [2.75, 3.05) is 0 Å². The highest BCUT2D eigenvalue weighted by molar-refractivity contribution is 5.98. The number of hydrogen-bond donors (Lipinski definition) is 1. The van der Waals surface area contributed by atoms with Gasteiger partial charge < -0.3 is 5.73 Å². The highest BCUT2D eigenvalue weighted by Crippen LogP contribution is 2.43. The number of fused-ring (bicyclic) bond motifs is 2. The van der Waals surface area contributed by atoms with Crippen molar-refractivity contribution < 1.29 is 9.18 Å². The van der Waals surface area contributed by atoms with Crippen LogP contribution in [0.1, 0.15) is 45.1 Å². The monoisotopic (exact) mass is 307 g/mol. The van der Waals surface area contributed by atoms with E-state index in [1.165, 1.54) is 11.1 Å². The molecule has 2 nitrogen and oxygen atoms in total. The van der Waals surface area contributed by atoms with Gasteiger partial charge >= 0.3 is 0 Å². The molecule has 2 aromatic rings. The third-order valence-electron chi connectivity index (χ3n) is 5.11. The van der Waals surface area contributed by atoms with Crippen molar-refractivity contribution >= 4 is 12.0 Å².